The third kappa shape index (κ3) is 11.0. The Morgan fingerprint density at radius 1 is 1.16 bits per heavy atom. The average Bonchev–Trinajstić information content (AvgIpc) is 3.07. The number of hydrogen-bond acceptors (Lipinski definition) is 6. The fraction of sp³-hybridized carbons (Fsp3) is 0.524. The number of benzene rings is 1. The molecule has 0 spiro atoms. The topological polar surface area (TPSA) is 114 Å². The minimum Gasteiger partial charge on any atom is -0.444 e. The molecule has 1 aromatic carbocycles. The molecule has 172 valence electrons. The molecule has 0 atom stereocenters. The number of nitrogens with one attached hydrogen (secondary N) is 3. The predicted molar refractivity (Wildman–Crippen MR) is 132 cm³/mol. The number of nitrogens with zero attached hydrogens (tertiary/aromatic N) is 3. The molecule has 2 aromatic rings. The van der Waals surface area contributed by atoms with Gasteiger partial charge < -0.3 is 19.9 Å². The number of rotatable bonds is 8. The van der Waals surface area contributed by atoms with Crippen LogP contribution in [0, 0.1) is 6.92 Å². The van der Waals surface area contributed by atoms with Gasteiger partial charge in [0, 0.05) is 25.2 Å². The van der Waals surface area contributed by atoms with E-state index in [2.05, 4.69) is 31.1 Å². The number of halogens is 1. The highest BCUT2D eigenvalue weighted by Crippen LogP contribution is 2.13. The zero-order valence-electron chi connectivity index (χ0n) is 18.8. The Hall–Kier alpha value is -2.37. The number of aromatic nitrogens is 2. The first-order chi connectivity index (χ1) is 14.2. The lowest BCUT2D eigenvalue weighted by atomic mass is 10.1. The van der Waals surface area contributed by atoms with E-state index in [0.717, 1.165) is 31.0 Å². The van der Waals surface area contributed by atoms with E-state index in [4.69, 9.17) is 9.26 Å². The van der Waals surface area contributed by atoms with Crippen LogP contribution in [0.1, 0.15) is 45.0 Å². The Morgan fingerprint density at radius 3 is 2.45 bits per heavy atom. The van der Waals surface area contributed by atoms with Crippen LogP contribution in [0.15, 0.2) is 33.8 Å². The number of aliphatic imine (C=N–C) groups is 1. The van der Waals surface area contributed by atoms with Crippen LogP contribution >= 0.6 is 24.0 Å². The van der Waals surface area contributed by atoms with Gasteiger partial charge in [0.25, 0.3) is 0 Å². The molecule has 0 aliphatic rings. The maximum absolute atomic E-state index is 11.8. The van der Waals surface area contributed by atoms with E-state index in [1.54, 1.807) is 6.92 Å². The first kappa shape index (κ1) is 26.7. The van der Waals surface area contributed by atoms with Crippen LogP contribution in [0.25, 0.3) is 0 Å². The van der Waals surface area contributed by atoms with E-state index in [-0.39, 0.29) is 24.0 Å². The highest BCUT2D eigenvalue weighted by molar-refractivity contribution is 14.0. The van der Waals surface area contributed by atoms with Crippen LogP contribution in [0.2, 0.25) is 0 Å². The molecule has 0 saturated heterocycles. The van der Waals surface area contributed by atoms with Gasteiger partial charge in [0.1, 0.15) is 5.60 Å². The molecule has 0 unspecified atom stereocenters. The molecule has 2 rings (SSSR count). The molecule has 0 radical (unpaired) electrons. The maximum atomic E-state index is 11.8. The number of carbonyl (C=O) groups is 1. The van der Waals surface area contributed by atoms with E-state index in [0.29, 0.717) is 30.4 Å². The van der Waals surface area contributed by atoms with Crippen molar-refractivity contribution in [3.63, 3.8) is 0 Å². The molecule has 1 aromatic heterocycles. The van der Waals surface area contributed by atoms with E-state index in [1.165, 1.54) is 0 Å². The molecule has 0 bridgehead atoms. The second kappa shape index (κ2) is 13.1. The lowest BCUT2D eigenvalue weighted by Crippen LogP contribution is -2.38. The second-order valence-electron chi connectivity index (χ2n) is 7.75. The summed E-state index contributed by atoms with van der Waals surface area (Å²) in [6, 6.07) is 7.70. The van der Waals surface area contributed by atoms with Crippen LogP contribution < -0.4 is 16.0 Å². The van der Waals surface area contributed by atoms with Gasteiger partial charge in [-0.05, 0) is 58.7 Å². The van der Waals surface area contributed by atoms with E-state index < -0.39 is 11.7 Å². The van der Waals surface area contributed by atoms with Gasteiger partial charge in [-0.1, -0.05) is 17.3 Å². The summed E-state index contributed by atoms with van der Waals surface area (Å²) in [5.74, 6) is 1.97. The number of guanidine groups is 1. The fourth-order valence-corrected chi connectivity index (χ4v) is 2.55. The highest BCUT2D eigenvalue weighted by atomic mass is 127. The number of ether oxygens (including phenoxy) is 1. The Labute approximate surface area is 200 Å². The number of anilines is 1. The van der Waals surface area contributed by atoms with Gasteiger partial charge in [-0.2, -0.15) is 4.98 Å². The molecule has 31 heavy (non-hydrogen) atoms. The molecular formula is C21H33IN6O3. The second-order valence-corrected chi connectivity index (χ2v) is 7.75. The Morgan fingerprint density at radius 2 is 1.87 bits per heavy atom. The lowest BCUT2D eigenvalue weighted by Gasteiger charge is -2.19. The average molecular weight is 544 g/mol. The van der Waals surface area contributed by atoms with Gasteiger partial charge in [0.05, 0.1) is 6.54 Å². The minimum atomic E-state index is -0.522. The summed E-state index contributed by atoms with van der Waals surface area (Å²) >= 11 is 0. The molecule has 0 aliphatic carbocycles. The maximum Gasteiger partial charge on any atom is 0.412 e. The molecule has 3 N–H and O–H groups in total. The summed E-state index contributed by atoms with van der Waals surface area (Å²) < 4.78 is 10.4. The van der Waals surface area contributed by atoms with Gasteiger partial charge in [-0.3, -0.25) is 10.3 Å². The van der Waals surface area contributed by atoms with Crippen molar-refractivity contribution < 1.29 is 14.1 Å². The van der Waals surface area contributed by atoms with Crippen molar-refractivity contribution in [1.29, 1.82) is 0 Å². The summed E-state index contributed by atoms with van der Waals surface area (Å²) in [4.78, 5) is 20.5. The van der Waals surface area contributed by atoms with Crippen LogP contribution in [0.4, 0.5) is 10.5 Å². The first-order valence-electron chi connectivity index (χ1n) is 10.2. The molecule has 1 heterocycles. The summed E-state index contributed by atoms with van der Waals surface area (Å²) in [5, 5.41) is 13.0. The van der Waals surface area contributed by atoms with Gasteiger partial charge in [0.2, 0.25) is 5.89 Å². The van der Waals surface area contributed by atoms with Crippen molar-refractivity contribution in [2.45, 2.75) is 53.1 Å². The Balaban J connectivity index is 0.00000480. The summed E-state index contributed by atoms with van der Waals surface area (Å²) in [7, 11) is 0. The predicted octanol–water partition coefficient (Wildman–Crippen LogP) is 3.68. The molecule has 0 saturated carbocycles. The molecule has 0 fully saturated rings. The fourth-order valence-electron chi connectivity index (χ4n) is 2.55. The van der Waals surface area contributed by atoms with Crippen molar-refractivity contribution >= 4 is 41.7 Å². The van der Waals surface area contributed by atoms with Crippen molar-refractivity contribution in [3.05, 3.63) is 41.5 Å². The number of hydrogen-bond donors (Lipinski definition) is 3. The van der Waals surface area contributed by atoms with Crippen LogP contribution in [-0.4, -0.2) is 47.4 Å². The molecular weight excluding hydrogens is 511 g/mol. The minimum absolute atomic E-state index is 0. The smallest absolute Gasteiger partial charge is 0.412 e. The Bertz CT molecular complexity index is 830. The van der Waals surface area contributed by atoms with E-state index in [9.17, 15) is 4.79 Å². The Kier molecular flexibility index (Phi) is 11.3. The lowest BCUT2D eigenvalue weighted by molar-refractivity contribution is 0.0636. The number of carbonyl (C=O) groups excluding carboxylic acids is 1. The quantitative estimate of drug-likeness (QED) is 0.264. The zero-order chi connectivity index (χ0) is 22.0. The molecule has 1 amide bonds. The summed E-state index contributed by atoms with van der Waals surface area (Å²) in [6.07, 6.45) is 0.961. The SMILES string of the molecule is CCNC(=NCCc1nc(C)no1)NCCc1ccc(NC(=O)OC(C)(C)C)cc1.I. The molecule has 10 heteroatoms. The van der Waals surface area contributed by atoms with Crippen molar-refractivity contribution in [2.24, 2.45) is 4.99 Å². The van der Waals surface area contributed by atoms with Crippen molar-refractivity contribution in [1.82, 2.24) is 20.8 Å². The first-order valence-corrected chi connectivity index (χ1v) is 10.2. The van der Waals surface area contributed by atoms with Gasteiger partial charge in [-0.15, -0.1) is 24.0 Å². The molecule has 0 aliphatic heterocycles. The van der Waals surface area contributed by atoms with Crippen LogP contribution in [0.5, 0.6) is 0 Å². The van der Waals surface area contributed by atoms with Gasteiger partial charge >= 0.3 is 6.09 Å². The monoisotopic (exact) mass is 544 g/mol. The van der Waals surface area contributed by atoms with Crippen LogP contribution in [0.3, 0.4) is 0 Å². The third-order valence-electron chi connectivity index (χ3n) is 3.81. The standard InChI is InChI=1S/C21H32N6O3.HI/c1-6-22-19(24-14-12-18-25-15(2)27-30-18)23-13-11-16-7-9-17(10-8-16)26-20(28)29-21(3,4)5;/h7-10H,6,11-14H2,1-5H3,(H,26,28)(H2,22,23,24);1H. The number of amides is 1. The van der Waals surface area contributed by atoms with E-state index in [1.807, 2.05) is 52.0 Å². The zero-order valence-corrected chi connectivity index (χ0v) is 21.1. The van der Waals surface area contributed by atoms with Crippen molar-refractivity contribution in [3.8, 4) is 0 Å². The van der Waals surface area contributed by atoms with Crippen LogP contribution in [-0.2, 0) is 17.6 Å². The van der Waals surface area contributed by atoms with E-state index >= 15 is 0 Å². The number of aryl methyl sites for hydroxylation is 1. The third-order valence-corrected chi connectivity index (χ3v) is 3.81. The van der Waals surface area contributed by atoms with Gasteiger partial charge in [-0.25, -0.2) is 4.79 Å². The van der Waals surface area contributed by atoms with Crippen molar-refractivity contribution in [2.75, 3.05) is 25.0 Å². The normalized spacial score (nSPS) is 11.5. The summed E-state index contributed by atoms with van der Waals surface area (Å²) in [5.41, 5.74) is 1.33. The largest absolute Gasteiger partial charge is 0.444 e. The highest BCUT2D eigenvalue weighted by Gasteiger charge is 2.16. The molecule has 9 nitrogen and oxygen atoms in total. The summed E-state index contributed by atoms with van der Waals surface area (Å²) in [6.45, 7) is 11.4. The van der Waals surface area contributed by atoms with Gasteiger partial charge in [0.15, 0.2) is 11.8 Å².